The molecule has 1 fully saturated rings. The molecule has 0 bridgehead atoms. The van der Waals surface area contributed by atoms with Crippen molar-refractivity contribution in [1.29, 1.82) is 0 Å². The first-order valence-electron chi connectivity index (χ1n) is 13.8. The summed E-state index contributed by atoms with van der Waals surface area (Å²) < 4.78 is 0.997. The summed E-state index contributed by atoms with van der Waals surface area (Å²) in [6.45, 7) is 1.58. The molecule has 4 aromatic rings. The van der Waals surface area contributed by atoms with Crippen LogP contribution in [0.5, 0.6) is 0 Å². The van der Waals surface area contributed by atoms with Gasteiger partial charge in [0, 0.05) is 27.7 Å². The van der Waals surface area contributed by atoms with Gasteiger partial charge in [-0.15, -0.1) is 0 Å². The summed E-state index contributed by atoms with van der Waals surface area (Å²) in [5.74, 6) is -1.06. The molecule has 1 aliphatic heterocycles. The van der Waals surface area contributed by atoms with E-state index in [9.17, 15) is 14.7 Å². The lowest BCUT2D eigenvalue weighted by molar-refractivity contribution is -0.138. The number of aliphatic imine (C=N–C) groups is 1. The van der Waals surface area contributed by atoms with Crippen LogP contribution in [0.3, 0.4) is 0 Å². The number of amides is 1. The minimum absolute atomic E-state index is 0.0630. The molecular weight excluding hydrogens is 625 g/mol. The van der Waals surface area contributed by atoms with E-state index >= 15 is 0 Å². The number of para-hydroxylation sites is 1. The summed E-state index contributed by atoms with van der Waals surface area (Å²) in [5, 5.41) is 13.4. The number of hydrogen-bond acceptors (Lipinski definition) is 4. The monoisotopic (exact) mass is 657 g/mol. The highest BCUT2D eigenvalue weighted by Crippen LogP contribution is 2.26. The minimum Gasteiger partial charge on any atom is -0.480 e. The van der Waals surface area contributed by atoms with E-state index in [1.165, 1.54) is 5.56 Å². The summed E-state index contributed by atoms with van der Waals surface area (Å²) in [4.78, 5) is 33.2. The van der Waals surface area contributed by atoms with Gasteiger partial charge in [-0.05, 0) is 65.2 Å². The first-order valence-corrected chi connectivity index (χ1v) is 14.8. The number of nitrogens with one attached hydrogen (secondary N) is 1. The van der Waals surface area contributed by atoms with Gasteiger partial charge in [-0.2, -0.15) is 0 Å². The molecule has 1 heterocycles. The molecular formula is C34H32IN3O3. The highest BCUT2D eigenvalue weighted by Gasteiger charge is 2.31. The van der Waals surface area contributed by atoms with E-state index in [4.69, 9.17) is 4.99 Å². The average Bonchev–Trinajstić information content (AvgIpc) is 3.46. The van der Waals surface area contributed by atoms with E-state index in [2.05, 4.69) is 44.9 Å². The number of nitrogens with zero attached hydrogens (tertiary/aromatic N) is 2. The third-order valence-electron chi connectivity index (χ3n) is 7.32. The maximum atomic E-state index is 13.6. The van der Waals surface area contributed by atoms with Crippen molar-refractivity contribution >= 4 is 45.9 Å². The lowest BCUT2D eigenvalue weighted by atomic mass is 9.98. The lowest BCUT2D eigenvalue weighted by Gasteiger charge is -2.24. The van der Waals surface area contributed by atoms with Gasteiger partial charge in [0.1, 0.15) is 0 Å². The van der Waals surface area contributed by atoms with Gasteiger partial charge in [-0.25, -0.2) is 4.79 Å². The zero-order chi connectivity index (χ0) is 28.6. The number of aliphatic carboxylic acids is 1. The number of benzene rings is 4. The van der Waals surface area contributed by atoms with Crippen LogP contribution in [0, 0.1) is 3.57 Å². The number of carbonyl (C=O) groups excluding carboxylic acids is 1. The van der Waals surface area contributed by atoms with Crippen molar-refractivity contribution in [1.82, 2.24) is 4.90 Å². The molecule has 7 heteroatoms. The van der Waals surface area contributed by atoms with Gasteiger partial charge in [-0.3, -0.25) is 14.7 Å². The summed E-state index contributed by atoms with van der Waals surface area (Å²) >= 11 is 2.23. The van der Waals surface area contributed by atoms with Crippen LogP contribution in [0.1, 0.15) is 35.1 Å². The Hall–Kier alpha value is -3.82. The molecule has 6 nitrogen and oxygen atoms in total. The van der Waals surface area contributed by atoms with E-state index in [-0.39, 0.29) is 18.4 Å². The molecule has 1 saturated heterocycles. The summed E-state index contributed by atoms with van der Waals surface area (Å²) in [6.07, 6.45) is 2.01. The summed E-state index contributed by atoms with van der Waals surface area (Å²) in [5.41, 5.74) is 4.73. The molecule has 0 spiro atoms. The highest BCUT2D eigenvalue weighted by molar-refractivity contribution is 14.1. The molecule has 5 rings (SSSR count). The number of carbonyl (C=O) groups is 2. The van der Waals surface area contributed by atoms with E-state index in [0.717, 1.165) is 40.6 Å². The Kier molecular flexibility index (Phi) is 9.59. The standard InChI is InChI=1S/C34H32IN3O3/c35-28-18-9-7-16-26(28)22-30(34(40)41)36-32(25-14-5-2-6-15-25)27-17-8-10-19-29(27)37-33(39)31-20-11-21-38(31)23-24-12-3-1-4-13-24/h1-10,12-19,30-31H,11,20-23H2,(H,37,39)(H,40,41)/t30-,31-/m0/s1. The molecule has 0 radical (unpaired) electrons. The smallest absolute Gasteiger partial charge is 0.328 e. The second kappa shape index (κ2) is 13.7. The van der Waals surface area contributed by atoms with Crippen molar-refractivity contribution < 1.29 is 14.7 Å². The molecule has 0 aliphatic carbocycles. The quantitative estimate of drug-likeness (QED) is 0.152. The van der Waals surface area contributed by atoms with Crippen LogP contribution in [0.25, 0.3) is 0 Å². The Bertz CT molecular complexity index is 1520. The number of carboxylic acid groups (broad SMARTS) is 1. The summed E-state index contributed by atoms with van der Waals surface area (Å²) in [6, 6.07) is 33.8. The fourth-order valence-corrected chi connectivity index (χ4v) is 5.86. The number of rotatable bonds is 10. The van der Waals surface area contributed by atoms with Gasteiger partial charge in [0.05, 0.1) is 17.4 Å². The second-order valence-electron chi connectivity index (χ2n) is 10.1. The van der Waals surface area contributed by atoms with Gasteiger partial charge in [0.2, 0.25) is 5.91 Å². The van der Waals surface area contributed by atoms with Crippen LogP contribution in [-0.2, 0) is 22.6 Å². The number of carboxylic acids is 1. The second-order valence-corrected chi connectivity index (χ2v) is 11.3. The Balaban J connectivity index is 1.46. The van der Waals surface area contributed by atoms with Gasteiger partial charge in [0.25, 0.3) is 0 Å². The van der Waals surface area contributed by atoms with Crippen molar-refractivity contribution in [3.8, 4) is 0 Å². The number of halogens is 1. The van der Waals surface area contributed by atoms with Crippen LogP contribution < -0.4 is 5.32 Å². The van der Waals surface area contributed by atoms with Crippen LogP contribution in [0.4, 0.5) is 5.69 Å². The van der Waals surface area contributed by atoms with Crippen LogP contribution in [0.15, 0.2) is 114 Å². The Morgan fingerprint density at radius 2 is 1.56 bits per heavy atom. The number of hydrogen-bond donors (Lipinski definition) is 2. The fraction of sp³-hybridized carbons (Fsp3) is 0.206. The molecule has 0 unspecified atom stereocenters. The van der Waals surface area contributed by atoms with Crippen molar-refractivity contribution in [2.75, 3.05) is 11.9 Å². The van der Waals surface area contributed by atoms with Gasteiger partial charge < -0.3 is 10.4 Å². The van der Waals surface area contributed by atoms with Gasteiger partial charge in [0.15, 0.2) is 6.04 Å². The predicted octanol–water partition coefficient (Wildman–Crippen LogP) is 6.43. The lowest BCUT2D eigenvalue weighted by Crippen LogP contribution is -2.39. The topological polar surface area (TPSA) is 82.0 Å². The Labute approximate surface area is 254 Å². The molecule has 1 amide bonds. The maximum Gasteiger partial charge on any atom is 0.328 e. The molecule has 0 aromatic heterocycles. The highest BCUT2D eigenvalue weighted by atomic mass is 127. The van der Waals surface area contributed by atoms with E-state index in [1.54, 1.807) is 0 Å². The Morgan fingerprint density at radius 3 is 2.29 bits per heavy atom. The molecule has 1 aliphatic rings. The zero-order valence-electron chi connectivity index (χ0n) is 22.6. The van der Waals surface area contributed by atoms with E-state index in [1.807, 2.05) is 97.1 Å². The molecule has 2 atom stereocenters. The third-order valence-corrected chi connectivity index (χ3v) is 8.38. The Morgan fingerprint density at radius 1 is 0.902 bits per heavy atom. The van der Waals surface area contributed by atoms with E-state index in [0.29, 0.717) is 17.0 Å². The number of likely N-dealkylation sites (tertiary alicyclic amines) is 1. The SMILES string of the molecule is O=C(O)[C@H](Cc1ccccc1I)N=C(c1ccccc1)c1ccccc1NC(=O)[C@@H]1CCCN1Cc1ccccc1. The largest absolute Gasteiger partial charge is 0.480 e. The van der Waals surface area contributed by atoms with Gasteiger partial charge in [-0.1, -0.05) is 97.1 Å². The van der Waals surface area contributed by atoms with Crippen molar-refractivity contribution in [3.05, 3.63) is 135 Å². The van der Waals surface area contributed by atoms with Crippen LogP contribution in [-0.4, -0.2) is 46.2 Å². The summed E-state index contributed by atoms with van der Waals surface area (Å²) in [7, 11) is 0. The van der Waals surface area contributed by atoms with Crippen LogP contribution >= 0.6 is 22.6 Å². The maximum absolute atomic E-state index is 13.6. The minimum atomic E-state index is -0.999. The van der Waals surface area contributed by atoms with Crippen molar-refractivity contribution in [2.45, 2.75) is 37.9 Å². The average molecular weight is 658 g/mol. The van der Waals surface area contributed by atoms with Crippen molar-refractivity contribution in [3.63, 3.8) is 0 Å². The van der Waals surface area contributed by atoms with E-state index < -0.39 is 12.0 Å². The molecule has 0 saturated carbocycles. The zero-order valence-corrected chi connectivity index (χ0v) is 24.8. The third kappa shape index (κ3) is 7.28. The molecule has 2 N–H and O–H groups in total. The first kappa shape index (κ1) is 28.7. The molecule has 208 valence electrons. The normalized spacial score (nSPS) is 16.3. The van der Waals surface area contributed by atoms with Crippen LogP contribution in [0.2, 0.25) is 0 Å². The number of anilines is 1. The molecule has 4 aromatic carbocycles. The molecule has 41 heavy (non-hydrogen) atoms. The fourth-order valence-electron chi connectivity index (χ4n) is 5.26. The van der Waals surface area contributed by atoms with Gasteiger partial charge >= 0.3 is 5.97 Å². The predicted molar refractivity (Wildman–Crippen MR) is 171 cm³/mol. The first-order chi connectivity index (χ1) is 20.0. The van der Waals surface area contributed by atoms with Crippen molar-refractivity contribution in [2.24, 2.45) is 4.99 Å².